The summed E-state index contributed by atoms with van der Waals surface area (Å²) in [7, 11) is 0. The minimum Gasteiger partial charge on any atom is -0.462 e. The Balaban J connectivity index is 4.35. The van der Waals surface area contributed by atoms with E-state index in [1.54, 1.807) is 0 Å². The molecule has 0 fully saturated rings. The van der Waals surface area contributed by atoms with Crippen LogP contribution in [0, 0.1) is 0 Å². The summed E-state index contributed by atoms with van der Waals surface area (Å²) in [6, 6.07) is 0. The molecular formula is C53H96O6. The molecule has 0 aliphatic rings. The molecule has 0 saturated heterocycles. The second-order valence-corrected chi connectivity index (χ2v) is 17.1. The zero-order chi connectivity index (χ0) is 43.0. The van der Waals surface area contributed by atoms with E-state index in [0.29, 0.717) is 19.3 Å². The average molecular weight is 829 g/mol. The fourth-order valence-corrected chi connectivity index (χ4v) is 7.38. The lowest BCUT2D eigenvalue weighted by Crippen LogP contribution is -2.30. The highest BCUT2D eigenvalue weighted by atomic mass is 16.6. The van der Waals surface area contributed by atoms with Gasteiger partial charge in [-0.25, -0.2) is 0 Å². The number of ether oxygens (including phenoxy) is 3. The number of rotatable bonds is 46. The summed E-state index contributed by atoms with van der Waals surface area (Å²) in [6.07, 6.45) is 55.5. The van der Waals surface area contributed by atoms with Gasteiger partial charge >= 0.3 is 17.9 Å². The molecule has 344 valence electrons. The van der Waals surface area contributed by atoms with Crippen LogP contribution in [0.25, 0.3) is 0 Å². The predicted molar refractivity (Wildman–Crippen MR) is 252 cm³/mol. The van der Waals surface area contributed by atoms with Crippen molar-refractivity contribution in [1.82, 2.24) is 0 Å². The van der Waals surface area contributed by atoms with Gasteiger partial charge in [0.15, 0.2) is 6.10 Å². The van der Waals surface area contributed by atoms with Gasteiger partial charge in [-0.05, 0) is 38.5 Å². The summed E-state index contributed by atoms with van der Waals surface area (Å²) in [5.74, 6) is -0.874. The molecule has 0 radical (unpaired) electrons. The minimum atomic E-state index is -0.771. The molecule has 59 heavy (non-hydrogen) atoms. The van der Waals surface area contributed by atoms with Crippen molar-refractivity contribution < 1.29 is 28.6 Å². The van der Waals surface area contributed by atoms with Gasteiger partial charge in [0.25, 0.3) is 0 Å². The summed E-state index contributed by atoms with van der Waals surface area (Å²) < 4.78 is 16.8. The third-order valence-electron chi connectivity index (χ3n) is 11.2. The monoisotopic (exact) mass is 829 g/mol. The molecule has 0 heterocycles. The molecule has 1 atom stereocenters. The largest absolute Gasteiger partial charge is 0.462 e. The van der Waals surface area contributed by atoms with Crippen molar-refractivity contribution in [2.45, 2.75) is 271 Å². The van der Waals surface area contributed by atoms with Crippen molar-refractivity contribution in [3.05, 3.63) is 36.5 Å². The number of hydrogen-bond donors (Lipinski definition) is 0. The highest BCUT2D eigenvalue weighted by Gasteiger charge is 2.19. The van der Waals surface area contributed by atoms with Crippen LogP contribution in [0.4, 0.5) is 0 Å². The molecule has 0 N–H and O–H groups in total. The summed E-state index contributed by atoms with van der Waals surface area (Å²) >= 11 is 0. The third kappa shape index (κ3) is 46.5. The van der Waals surface area contributed by atoms with Crippen molar-refractivity contribution in [1.29, 1.82) is 0 Å². The summed E-state index contributed by atoms with van der Waals surface area (Å²) in [5.41, 5.74) is 0. The van der Waals surface area contributed by atoms with Crippen LogP contribution in [-0.4, -0.2) is 37.2 Å². The molecule has 0 spiro atoms. The van der Waals surface area contributed by atoms with Gasteiger partial charge in [0, 0.05) is 19.3 Å². The van der Waals surface area contributed by atoms with E-state index in [0.717, 1.165) is 70.6 Å². The van der Waals surface area contributed by atoms with Crippen LogP contribution in [0.15, 0.2) is 36.5 Å². The molecular weight excluding hydrogens is 733 g/mol. The Morgan fingerprint density at radius 3 is 1.02 bits per heavy atom. The quantitative estimate of drug-likeness (QED) is 0.0263. The van der Waals surface area contributed by atoms with E-state index in [2.05, 4.69) is 57.2 Å². The Labute approximate surface area is 365 Å². The first-order chi connectivity index (χ1) is 29.0. The maximum atomic E-state index is 12.8. The van der Waals surface area contributed by atoms with E-state index in [-0.39, 0.29) is 31.1 Å². The van der Waals surface area contributed by atoms with Crippen LogP contribution in [-0.2, 0) is 28.6 Å². The van der Waals surface area contributed by atoms with Gasteiger partial charge in [0.2, 0.25) is 0 Å². The van der Waals surface area contributed by atoms with Gasteiger partial charge in [-0.15, -0.1) is 0 Å². The molecule has 6 heteroatoms. The van der Waals surface area contributed by atoms with E-state index >= 15 is 0 Å². The van der Waals surface area contributed by atoms with Gasteiger partial charge in [-0.3, -0.25) is 14.4 Å². The highest BCUT2D eigenvalue weighted by Crippen LogP contribution is 2.16. The lowest BCUT2D eigenvalue weighted by Gasteiger charge is -2.18. The Hall–Kier alpha value is -2.37. The molecule has 0 rings (SSSR count). The second kappa shape index (κ2) is 48.3. The van der Waals surface area contributed by atoms with Crippen molar-refractivity contribution in [3.8, 4) is 0 Å². The Morgan fingerprint density at radius 1 is 0.356 bits per heavy atom. The zero-order valence-electron chi connectivity index (χ0n) is 39.3. The van der Waals surface area contributed by atoms with Crippen LogP contribution in [0.5, 0.6) is 0 Å². The predicted octanol–water partition coefficient (Wildman–Crippen LogP) is 16.5. The maximum Gasteiger partial charge on any atom is 0.306 e. The fraction of sp³-hybridized carbons (Fsp3) is 0.830. The van der Waals surface area contributed by atoms with Crippen LogP contribution in [0.2, 0.25) is 0 Å². The number of carbonyl (C=O) groups is 3. The molecule has 0 aromatic rings. The summed E-state index contributed by atoms with van der Waals surface area (Å²) in [6.45, 7) is 6.51. The number of hydrogen-bond acceptors (Lipinski definition) is 6. The van der Waals surface area contributed by atoms with Gasteiger partial charge < -0.3 is 14.2 Å². The normalized spacial score (nSPS) is 12.3. The first kappa shape index (κ1) is 56.6. The molecule has 0 bridgehead atoms. The molecule has 0 aliphatic carbocycles. The molecule has 0 amide bonds. The number of unbranched alkanes of at least 4 members (excludes halogenated alkanes) is 31. The third-order valence-corrected chi connectivity index (χ3v) is 11.2. The topological polar surface area (TPSA) is 78.9 Å². The van der Waals surface area contributed by atoms with Gasteiger partial charge in [0.05, 0.1) is 0 Å². The fourth-order valence-electron chi connectivity index (χ4n) is 7.38. The van der Waals surface area contributed by atoms with Crippen LogP contribution in [0.1, 0.15) is 265 Å². The lowest BCUT2D eigenvalue weighted by atomic mass is 10.0. The average Bonchev–Trinajstić information content (AvgIpc) is 3.23. The van der Waals surface area contributed by atoms with Crippen LogP contribution >= 0.6 is 0 Å². The van der Waals surface area contributed by atoms with Gasteiger partial charge in [-0.2, -0.15) is 0 Å². The van der Waals surface area contributed by atoms with Crippen molar-refractivity contribution in [3.63, 3.8) is 0 Å². The van der Waals surface area contributed by atoms with Crippen LogP contribution < -0.4 is 0 Å². The Kier molecular flexibility index (Phi) is 46.4. The SMILES string of the molecule is CC\C=C/C=C\C=C/CCCCCCCCCC(=O)OCC(COC(=O)CCCCCCCCCCCCC)OC(=O)CCCCCCCCCCCCCCCCC. The van der Waals surface area contributed by atoms with Gasteiger partial charge in [0.1, 0.15) is 13.2 Å². The molecule has 6 nitrogen and oxygen atoms in total. The first-order valence-electron chi connectivity index (χ1n) is 25.5. The van der Waals surface area contributed by atoms with E-state index in [4.69, 9.17) is 14.2 Å². The second-order valence-electron chi connectivity index (χ2n) is 17.1. The van der Waals surface area contributed by atoms with Crippen LogP contribution in [0.3, 0.4) is 0 Å². The van der Waals surface area contributed by atoms with E-state index in [1.165, 1.54) is 154 Å². The Morgan fingerprint density at radius 2 is 0.661 bits per heavy atom. The van der Waals surface area contributed by atoms with Crippen molar-refractivity contribution in [2.75, 3.05) is 13.2 Å². The maximum absolute atomic E-state index is 12.8. The lowest BCUT2D eigenvalue weighted by molar-refractivity contribution is -0.167. The molecule has 0 aliphatic heterocycles. The van der Waals surface area contributed by atoms with E-state index in [1.807, 2.05) is 0 Å². The van der Waals surface area contributed by atoms with Crippen molar-refractivity contribution >= 4 is 17.9 Å². The molecule has 0 saturated carbocycles. The summed E-state index contributed by atoms with van der Waals surface area (Å²) in [4.78, 5) is 37.9. The zero-order valence-corrected chi connectivity index (χ0v) is 39.3. The van der Waals surface area contributed by atoms with E-state index in [9.17, 15) is 14.4 Å². The molecule has 0 aromatic heterocycles. The standard InChI is InChI=1S/C53H96O6/c1-4-7-10-13-16-19-22-24-26-28-31-34-37-40-43-46-52(55)58-49-50(48-57-51(54)45-42-39-36-33-30-21-18-15-12-9-6-3)59-53(56)47-44-41-38-35-32-29-27-25-23-20-17-14-11-8-5-2/h7,10,13,16,19,22,50H,4-6,8-9,11-12,14-15,17-18,20-21,23-49H2,1-3H3/b10-7-,16-13-,22-19-. The smallest absolute Gasteiger partial charge is 0.306 e. The number of carbonyl (C=O) groups excluding carboxylic acids is 3. The summed E-state index contributed by atoms with van der Waals surface area (Å²) in [5, 5.41) is 0. The van der Waals surface area contributed by atoms with E-state index < -0.39 is 6.10 Å². The van der Waals surface area contributed by atoms with Crippen molar-refractivity contribution in [2.24, 2.45) is 0 Å². The van der Waals surface area contributed by atoms with Gasteiger partial charge in [-0.1, -0.05) is 243 Å². The molecule has 0 aromatic carbocycles. The molecule has 1 unspecified atom stereocenters. The minimum absolute atomic E-state index is 0.0719. The Bertz CT molecular complexity index is 1000. The first-order valence-corrected chi connectivity index (χ1v) is 25.5. The highest BCUT2D eigenvalue weighted by molar-refractivity contribution is 5.71. The number of allylic oxidation sites excluding steroid dienone is 6. The number of esters is 3.